The lowest BCUT2D eigenvalue weighted by Gasteiger charge is -2.72. The fourth-order valence-corrected chi connectivity index (χ4v) is 11.0. The maximum atomic E-state index is 10.9. The van der Waals surface area contributed by atoms with Crippen LogP contribution in [0, 0.1) is 56.7 Å². The summed E-state index contributed by atoms with van der Waals surface area (Å²) in [4.78, 5) is 0. The van der Waals surface area contributed by atoms with Crippen molar-refractivity contribution in [3.8, 4) is 0 Å². The zero-order valence-corrected chi connectivity index (χ0v) is 21.7. The van der Waals surface area contributed by atoms with Crippen LogP contribution < -0.4 is 0 Å². The fraction of sp³-hybridized carbons (Fsp3) is 0.933. The molecule has 0 heterocycles. The van der Waals surface area contributed by atoms with Crippen LogP contribution in [-0.2, 0) is 0 Å². The summed E-state index contributed by atoms with van der Waals surface area (Å²) < 4.78 is 0. The van der Waals surface area contributed by atoms with Crippen molar-refractivity contribution in [1.82, 2.24) is 0 Å². The Hall–Kier alpha value is -0.300. The predicted molar refractivity (Wildman–Crippen MR) is 131 cm³/mol. The first-order valence-corrected chi connectivity index (χ1v) is 13.6. The van der Waals surface area contributed by atoms with Crippen molar-refractivity contribution in [2.75, 3.05) is 0 Å². The van der Waals surface area contributed by atoms with E-state index in [0.29, 0.717) is 27.6 Å². The molecule has 0 aliphatic heterocycles. The molecule has 1 heteroatoms. The Kier molecular flexibility index (Phi) is 4.82. The highest BCUT2D eigenvalue weighted by Crippen LogP contribution is 2.75. The Labute approximate surface area is 192 Å². The fourth-order valence-electron chi connectivity index (χ4n) is 11.0. The Morgan fingerprint density at radius 1 is 0.806 bits per heavy atom. The third-order valence-electron chi connectivity index (χ3n) is 13.3. The smallest absolute Gasteiger partial charge is 0.0594 e. The summed E-state index contributed by atoms with van der Waals surface area (Å²) in [7, 11) is 0. The molecule has 0 radical (unpaired) electrons. The lowest BCUT2D eigenvalue weighted by atomic mass is 9.32. The zero-order chi connectivity index (χ0) is 22.6. The summed E-state index contributed by atoms with van der Waals surface area (Å²) >= 11 is 0. The predicted octanol–water partition coefficient (Wildman–Crippen LogP) is 8.02. The van der Waals surface area contributed by atoms with E-state index >= 15 is 0 Å². The van der Waals surface area contributed by atoms with Gasteiger partial charge in [-0.15, -0.1) is 0 Å². The largest absolute Gasteiger partial charge is 0.393 e. The molecule has 0 aromatic carbocycles. The molecule has 176 valence electrons. The number of aliphatic hydroxyl groups is 1. The van der Waals surface area contributed by atoms with Gasteiger partial charge in [-0.3, -0.25) is 0 Å². The average molecular weight is 427 g/mol. The molecule has 0 amide bonds. The molecule has 5 fully saturated rings. The van der Waals surface area contributed by atoms with Crippen LogP contribution in [0.5, 0.6) is 0 Å². The molecule has 1 nitrogen and oxygen atoms in total. The van der Waals surface area contributed by atoms with Gasteiger partial charge in [-0.05, 0) is 121 Å². The molecular formula is C30H50O. The average Bonchev–Trinajstić information content (AvgIpc) is 2.68. The molecule has 9 unspecified atom stereocenters. The number of rotatable bonds is 0. The van der Waals surface area contributed by atoms with Gasteiger partial charge < -0.3 is 5.11 Å². The Bertz CT molecular complexity index is 762. The van der Waals surface area contributed by atoms with Crippen LogP contribution >= 0.6 is 0 Å². The second-order valence-electron chi connectivity index (χ2n) is 14.9. The van der Waals surface area contributed by atoms with E-state index in [-0.39, 0.29) is 11.5 Å². The van der Waals surface area contributed by atoms with Gasteiger partial charge in [0.1, 0.15) is 0 Å². The second kappa shape index (κ2) is 6.64. The van der Waals surface area contributed by atoms with Crippen LogP contribution in [0.4, 0.5) is 0 Å². The van der Waals surface area contributed by atoms with Gasteiger partial charge in [0.25, 0.3) is 0 Å². The SMILES string of the molecule is C=C1CCC(C)(C)C2CC3CCC4C5(C)CCC(O)C(C)(C)C5CCC4(C)C3(C)CC12. The van der Waals surface area contributed by atoms with E-state index in [2.05, 4.69) is 55.0 Å². The van der Waals surface area contributed by atoms with Gasteiger partial charge in [-0.1, -0.05) is 60.6 Å². The van der Waals surface area contributed by atoms with Gasteiger partial charge in [0.05, 0.1) is 6.10 Å². The molecule has 5 saturated carbocycles. The van der Waals surface area contributed by atoms with Crippen molar-refractivity contribution in [3.05, 3.63) is 12.2 Å². The minimum absolute atomic E-state index is 0.0609. The summed E-state index contributed by atoms with van der Waals surface area (Å²) in [6.45, 7) is 22.6. The standard InChI is InChI=1S/C30H50O/c1-19-11-14-26(2,3)22-17-20-9-10-24-28(6)15-13-25(31)27(4,5)23(28)12-16-29(24,7)30(20,8)18-21(19)22/h20-25,31H,1,9-18H2,2-8H3. The van der Waals surface area contributed by atoms with Gasteiger partial charge in [0.2, 0.25) is 0 Å². The Morgan fingerprint density at radius 3 is 2.23 bits per heavy atom. The minimum atomic E-state index is -0.120. The van der Waals surface area contributed by atoms with Crippen molar-refractivity contribution in [1.29, 1.82) is 0 Å². The van der Waals surface area contributed by atoms with Crippen LogP contribution in [0.2, 0.25) is 0 Å². The van der Waals surface area contributed by atoms with E-state index in [4.69, 9.17) is 0 Å². The highest BCUT2D eigenvalue weighted by molar-refractivity contribution is 5.21. The van der Waals surface area contributed by atoms with Gasteiger partial charge >= 0.3 is 0 Å². The first-order valence-electron chi connectivity index (χ1n) is 13.6. The van der Waals surface area contributed by atoms with Crippen molar-refractivity contribution in [3.63, 3.8) is 0 Å². The molecule has 1 N–H and O–H groups in total. The van der Waals surface area contributed by atoms with Crippen LogP contribution in [0.1, 0.15) is 113 Å². The molecule has 0 saturated heterocycles. The monoisotopic (exact) mass is 426 g/mol. The number of fused-ring (bicyclic) bond motifs is 6. The van der Waals surface area contributed by atoms with E-state index in [0.717, 1.165) is 30.1 Å². The van der Waals surface area contributed by atoms with Gasteiger partial charge in [-0.2, -0.15) is 0 Å². The van der Waals surface area contributed by atoms with Gasteiger partial charge in [0, 0.05) is 0 Å². The van der Waals surface area contributed by atoms with Crippen LogP contribution in [-0.4, -0.2) is 11.2 Å². The summed E-state index contributed by atoms with van der Waals surface area (Å²) in [5, 5.41) is 10.9. The second-order valence-corrected chi connectivity index (χ2v) is 14.9. The van der Waals surface area contributed by atoms with Crippen molar-refractivity contribution >= 4 is 0 Å². The first kappa shape index (κ1) is 22.5. The molecule has 5 rings (SSSR count). The van der Waals surface area contributed by atoms with Crippen molar-refractivity contribution < 1.29 is 5.11 Å². The van der Waals surface area contributed by atoms with E-state index in [1.807, 2.05) is 0 Å². The molecule has 0 aromatic rings. The van der Waals surface area contributed by atoms with Gasteiger partial charge in [-0.25, -0.2) is 0 Å². The number of hydrogen-bond acceptors (Lipinski definition) is 1. The van der Waals surface area contributed by atoms with E-state index in [1.54, 1.807) is 5.57 Å². The Morgan fingerprint density at radius 2 is 1.52 bits per heavy atom. The molecule has 31 heavy (non-hydrogen) atoms. The maximum Gasteiger partial charge on any atom is 0.0594 e. The van der Waals surface area contributed by atoms with Crippen LogP contribution in [0.15, 0.2) is 12.2 Å². The highest BCUT2D eigenvalue weighted by atomic mass is 16.3. The maximum absolute atomic E-state index is 10.9. The zero-order valence-electron chi connectivity index (χ0n) is 21.7. The third kappa shape index (κ3) is 2.77. The van der Waals surface area contributed by atoms with Gasteiger partial charge in [0.15, 0.2) is 0 Å². The first-order chi connectivity index (χ1) is 14.3. The van der Waals surface area contributed by atoms with Crippen molar-refractivity contribution in [2.45, 2.75) is 119 Å². The lowest BCUT2D eigenvalue weighted by Crippen LogP contribution is -2.66. The highest BCUT2D eigenvalue weighted by Gasteiger charge is 2.68. The molecule has 0 bridgehead atoms. The summed E-state index contributed by atoms with van der Waals surface area (Å²) in [5.74, 6) is 3.97. The normalized spacial score (nSPS) is 55.4. The molecule has 9 atom stereocenters. The summed E-state index contributed by atoms with van der Waals surface area (Å²) in [5.41, 5.74) is 3.40. The Balaban J connectivity index is 1.52. The molecule has 0 spiro atoms. The minimum Gasteiger partial charge on any atom is -0.393 e. The molecule has 0 aromatic heterocycles. The van der Waals surface area contributed by atoms with E-state index < -0.39 is 0 Å². The van der Waals surface area contributed by atoms with E-state index in [1.165, 1.54) is 57.8 Å². The molecule has 5 aliphatic rings. The quantitative estimate of drug-likeness (QED) is 0.389. The van der Waals surface area contributed by atoms with Crippen molar-refractivity contribution in [2.24, 2.45) is 56.7 Å². The summed E-state index contributed by atoms with van der Waals surface area (Å²) in [6, 6.07) is 0. The topological polar surface area (TPSA) is 20.2 Å². The molecular weight excluding hydrogens is 376 g/mol. The third-order valence-corrected chi connectivity index (χ3v) is 13.3. The van der Waals surface area contributed by atoms with Crippen LogP contribution in [0.25, 0.3) is 0 Å². The molecule has 5 aliphatic carbocycles. The lowest BCUT2D eigenvalue weighted by molar-refractivity contribution is -0.240. The van der Waals surface area contributed by atoms with E-state index in [9.17, 15) is 5.11 Å². The number of hydrogen-bond donors (Lipinski definition) is 1. The number of aliphatic hydroxyl groups excluding tert-OH is 1. The number of allylic oxidation sites excluding steroid dienone is 1. The summed E-state index contributed by atoms with van der Waals surface area (Å²) in [6.07, 6.45) is 13.1. The van der Waals surface area contributed by atoms with Crippen LogP contribution in [0.3, 0.4) is 0 Å².